The Hall–Kier alpha value is -0.420. The van der Waals surface area contributed by atoms with Crippen molar-refractivity contribution >= 4 is 16.7 Å². The Morgan fingerprint density at radius 3 is 2.92 bits per heavy atom. The summed E-state index contributed by atoms with van der Waals surface area (Å²) in [5, 5.41) is 5.83. The fourth-order valence-corrected chi connectivity index (χ4v) is 1.73. The molecule has 1 aliphatic rings. The Bertz CT molecular complexity index is 196. The SMILES string of the molecule is CS(=O)CC[C@@H]1NCCNC1=O. The minimum absolute atomic E-state index is 0.0340. The highest BCUT2D eigenvalue weighted by atomic mass is 32.2. The lowest BCUT2D eigenvalue weighted by molar-refractivity contribution is -0.124. The summed E-state index contributed by atoms with van der Waals surface area (Å²) in [6.45, 7) is 1.51. The number of amides is 1. The van der Waals surface area contributed by atoms with Crippen LogP contribution in [0.5, 0.6) is 0 Å². The van der Waals surface area contributed by atoms with Crippen LogP contribution < -0.4 is 10.6 Å². The molecule has 0 spiro atoms. The third-order valence-corrected chi connectivity index (χ3v) is 2.64. The Morgan fingerprint density at radius 2 is 2.33 bits per heavy atom. The van der Waals surface area contributed by atoms with E-state index in [1.807, 2.05) is 0 Å². The molecule has 70 valence electrons. The molecule has 0 radical (unpaired) electrons. The van der Waals surface area contributed by atoms with E-state index in [1.54, 1.807) is 6.26 Å². The van der Waals surface area contributed by atoms with Gasteiger partial charge in [-0.3, -0.25) is 9.00 Å². The molecule has 1 aliphatic heterocycles. The average molecular weight is 190 g/mol. The van der Waals surface area contributed by atoms with Crippen molar-refractivity contribution in [2.75, 3.05) is 25.1 Å². The first kappa shape index (κ1) is 9.67. The van der Waals surface area contributed by atoms with Crippen LogP contribution in [0, 0.1) is 0 Å². The van der Waals surface area contributed by atoms with Crippen LogP contribution >= 0.6 is 0 Å². The van der Waals surface area contributed by atoms with Gasteiger partial charge in [-0.1, -0.05) is 0 Å². The molecule has 5 heteroatoms. The van der Waals surface area contributed by atoms with E-state index < -0.39 is 10.8 Å². The molecule has 1 unspecified atom stereocenters. The fourth-order valence-electron chi connectivity index (χ4n) is 1.16. The predicted octanol–water partition coefficient (Wildman–Crippen LogP) is -1.16. The van der Waals surface area contributed by atoms with E-state index in [4.69, 9.17) is 0 Å². The average Bonchev–Trinajstić information content (AvgIpc) is 2.03. The second kappa shape index (κ2) is 4.57. The molecular weight excluding hydrogens is 176 g/mol. The first-order chi connectivity index (χ1) is 5.70. The maximum Gasteiger partial charge on any atom is 0.237 e. The Labute approximate surface area is 74.6 Å². The molecule has 1 amide bonds. The molecule has 0 aliphatic carbocycles. The van der Waals surface area contributed by atoms with Gasteiger partial charge in [-0.05, 0) is 6.42 Å². The lowest BCUT2D eigenvalue weighted by atomic mass is 10.2. The third kappa shape index (κ3) is 2.91. The van der Waals surface area contributed by atoms with E-state index in [9.17, 15) is 9.00 Å². The Kier molecular flexibility index (Phi) is 3.68. The quantitative estimate of drug-likeness (QED) is 0.590. The molecule has 0 aromatic carbocycles. The van der Waals surface area contributed by atoms with Gasteiger partial charge < -0.3 is 10.6 Å². The van der Waals surface area contributed by atoms with Crippen molar-refractivity contribution in [1.82, 2.24) is 10.6 Å². The largest absolute Gasteiger partial charge is 0.353 e. The van der Waals surface area contributed by atoms with Crippen molar-refractivity contribution in [2.45, 2.75) is 12.5 Å². The molecule has 0 aromatic heterocycles. The van der Waals surface area contributed by atoms with Crippen molar-refractivity contribution in [1.29, 1.82) is 0 Å². The first-order valence-electron chi connectivity index (χ1n) is 4.01. The van der Waals surface area contributed by atoms with Crippen molar-refractivity contribution in [3.05, 3.63) is 0 Å². The van der Waals surface area contributed by atoms with Crippen LogP contribution in [-0.4, -0.2) is 41.3 Å². The summed E-state index contributed by atoms with van der Waals surface area (Å²) in [5.74, 6) is 0.622. The lowest BCUT2D eigenvalue weighted by Crippen LogP contribution is -2.53. The molecule has 2 atom stereocenters. The van der Waals surface area contributed by atoms with E-state index in [0.717, 1.165) is 6.54 Å². The van der Waals surface area contributed by atoms with Crippen LogP contribution in [0.15, 0.2) is 0 Å². The van der Waals surface area contributed by atoms with Gasteiger partial charge in [0.25, 0.3) is 0 Å². The lowest BCUT2D eigenvalue weighted by Gasteiger charge is -2.22. The van der Waals surface area contributed by atoms with Crippen LogP contribution in [0.1, 0.15) is 6.42 Å². The summed E-state index contributed by atoms with van der Waals surface area (Å²) in [6.07, 6.45) is 2.32. The van der Waals surface area contributed by atoms with Gasteiger partial charge in [-0.25, -0.2) is 0 Å². The summed E-state index contributed by atoms with van der Waals surface area (Å²) in [4.78, 5) is 11.1. The van der Waals surface area contributed by atoms with Gasteiger partial charge in [0.1, 0.15) is 0 Å². The van der Waals surface area contributed by atoms with Crippen LogP contribution in [0.3, 0.4) is 0 Å². The third-order valence-electron chi connectivity index (χ3n) is 1.83. The highest BCUT2D eigenvalue weighted by Gasteiger charge is 2.20. The zero-order valence-electron chi connectivity index (χ0n) is 7.13. The van der Waals surface area contributed by atoms with Gasteiger partial charge in [0.05, 0.1) is 6.04 Å². The molecule has 12 heavy (non-hydrogen) atoms. The van der Waals surface area contributed by atoms with Crippen molar-refractivity contribution < 1.29 is 9.00 Å². The second-order valence-electron chi connectivity index (χ2n) is 2.86. The van der Waals surface area contributed by atoms with Crippen LogP contribution in [0.4, 0.5) is 0 Å². The molecule has 0 aromatic rings. The van der Waals surface area contributed by atoms with E-state index in [0.29, 0.717) is 18.7 Å². The van der Waals surface area contributed by atoms with Crippen molar-refractivity contribution in [3.63, 3.8) is 0 Å². The van der Waals surface area contributed by atoms with Gasteiger partial charge in [-0.15, -0.1) is 0 Å². The summed E-state index contributed by atoms with van der Waals surface area (Å²) < 4.78 is 10.7. The zero-order chi connectivity index (χ0) is 8.97. The van der Waals surface area contributed by atoms with E-state index >= 15 is 0 Å². The summed E-state index contributed by atoms with van der Waals surface area (Å²) in [6, 6.07) is -0.136. The van der Waals surface area contributed by atoms with Gasteiger partial charge >= 0.3 is 0 Å². The number of nitrogens with one attached hydrogen (secondary N) is 2. The molecule has 0 saturated carbocycles. The predicted molar refractivity (Wildman–Crippen MR) is 48.4 cm³/mol. The number of carbonyl (C=O) groups excluding carboxylic acids is 1. The molecule has 0 bridgehead atoms. The molecule has 1 saturated heterocycles. The van der Waals surface area contributed by atoms with E-state index in [1.165, 1.54) is 0 Å². The maximum atomic E-state index is 11.1. The number of hydrogen-bond donors (Lipinski definition) is 2. The van der Waals surface area contributed by atoms with Crippen LogP contribution in [-0.2, 0) is 15.6 Å². The fraction of sp³-hybridized carbons (Fsp3) is 0.857. The number of carbonyl (C=O) groups is 1. The monoisotopic (exact) mass is 190 g/mol. The topological polar surface area (TPSA) is 58.2 Å². The molecule has 2 N–H and O–H groups in total. The number of piperazine rings is 1. The van der Waals surface area contributed by atoms with E-state index in [2.05, 4.69) is 10.6 Å². The van der Waals surface area contributed by atoms with Crippen molar-refractivity contribution in [3.8, 4) is 0 Å². The summed E-state index contributed by atoms with van der Waals surface area (Å²) >= 11 is 0. The molecule has 1 fully saturated rings. The molecule has 1 heterocycles. The molecular formula is C7H14N2O2S. The summed E-state index contributed by atoms with van der Waals surface area (Å²) in [5.41, 5.74) is 0. The standard InChI is InChI=1S/C7H14N2O2S/c1-12(11)5-2-6-7(10)9-4-3-8-6/h6,8H,2-5H2,1H3,(H,9,10)/t6-,12?/m0/s1. The van der Waals surface area contributed by atoms with Crippen molar-refractivity contribution in [2.24, 2.45) is 0 Å². The number of hydrogen-bond acceptors (Lipinski definition) is 3. The molecule has 4 nitrogen and oxygen atoms in total. The number of rotatable bonds is 3. The van der Waals surface area contributed by atoms with Gasteiger partial charge in [0.15, 0.2) is 0 Å². The van der Waals surface area contributed by atoms with Crippen LogP contribution in [0.2, 0.25) is 0 Å². The zero-order valence-corrected chi connectivity index (χ0v) is 7.95. The highest BCUT2D eigenvalue weighted by molar-refractivity contribution is 7.84. The highest BCUT2D eigenvalue weighted by Crippen LogP contribution is 1.96. The minimum Gasteiger partial charge on any atom is -0.353 e. The normalized spacial score (nSPS) is 26.4. The maximum absolute atomic E-state index is 11.1. The second-order valence-corrected chi connectivity index (χ2v) is 4.42. The van der Waals surface area contributed by atoms with Gasteiger partial charge in [0.2, 0.25) is 5.91 Å². The van der Waals surface area contributed by atoms with Gasteiger partial charge in [0, 0.05) is 35.9 Å². The smallest absolute Gasteiger partial charge is 0.237 e. The van der Waals surface area contributed by atoms with E-state index in [-0.39, 0.29) is 11.9 Å². The molecule has 1 rings (SSSR count). The van der Waals surface area contributed by atoms with Gasteiger partial charge in [-0.2, -0.15) is 0 Å². The van der Waals surface area contributed by atoms with Crippen LogP contribution in [0.25, 0.3) is 0 Å². The first-order valence-corrected chi connectivity index (χ1v) is 5.74. The minimum atomic E-state index is -0.802. The Balaban J connectivity index is 2.29. The summed E-state index contributed by atoms with van der Waals surface area (Å²) in [7, 11) is -0.802. The Morgan fingerprint density at radius 1 is 1.58 bits per heavy atom.